The number of hydrogen-bond donors (Lipinski definition) is 1. The topological polar surface area (TPSA) is 43.1 Å². The van der Waals surface area contributed by atoms with E-state index in [0.717, 1.165) is 0 Å². The van der Waals surface area contributed by atoms with Crippen LogP contribution in [0.15, 0.2) is 0 Å². The summed E-state index contributed by atoms with van der Waals surface area (Å²) in [5.74, 6) is -1.39. The predicted octanol–water partition coefficient (Wildman–Crippen LogP) is 0.573. The molecule has 0 rings (SSSR count). The standard InChI is InChI=1S/C2H2Cl2FNO/c3-2(4,5)1(6)7/h(H2,6,7). The summed E-state index contributed by atoms with van der Waals surface area (Å²) in [5, 5.41) is 0. The van der Waals surface area contributed by atoms with E-state index in [0.29, 0.717) is 0 Å². The molecule has 0 fully saturated rings. The molecule has 0 heterocycles. The summed E-state index contributed by atoms with van der Waals surface area (Å²) < 4.78 is 8.65. The van der Waals surface area contributed by atoms with E-state index in [1.807, 2.05) is 0 Å². The molecule has 0 radical (unpaired) electrons. The van der Waals surface area contributed by atoms with Crippen LogP contribution in [0.5, 0.6) is 0 Å². The fourth-order valence-electron chi connectivity index (χ4n) is 0. The third-order valence-electron chi connectivity index (χ3n) is 0.279. The van der Waals surface area contributed by atoms with Crippen LogP contribution in [0, 0.1) is 0 Å². The van der Waals surface area contributed by atoms with Gasteiger partial charge in [0.1, 0.15) is 0 Å². The third kappa shape index (κ3) is 2.65. The highest BCUT2D eigenvalue weighted by molar-refractivity contribution is 6.56. The predicted molar refractivity (Wildman–Crippen MR) is 24.7 cm³/mol. The zero-order valence-corrected chi connectivity index (χ0v) is 4.63. The Morgan fingerprint density at radius 3 is 1.86 bits per heavy atom. The minimum Gasteiger partial charge on any atom is -0.365 e. The fourth-order valence-corrected chi connectivity index (χ4v) is 0. The molecule has 0 bridgehead atoms. The summed E-state index contributed by atoms with van der Waals surface area (Å²) in [6.45, 7) is 0. The summed E-state index contributed by atoms with van der Waals surface area (Å²) >= 11 is 8.98. The molecule has 7 heavy (non-hydrogen) atoms. The van der Waals surface area contributed by atoms with Crippen molar-refractivity contribution < 1.29 is 9.18 Å². The van der Waals surface area contributed by atoms with Gasteiger partial charge in [0.25, 0.3) is 5.91 Å². The van der Waals surface area contributed by atoms with Gasteiger partial charge in [-0.25, -0.2) is 0 Å². The number of halogens is 3. The van der Waals surface area contributed by atoms with Crippen molar-refractivity contribution >= 4 is 29.1 Å². The van der Waals surface area contributed by atoms with Crippen LogP contribution in [-0.4, -0.2) is 10.5 Å². The van der Waals surface area contributed by atoms with E-state index in [2.05, 4.69) is 28.9 Å². The first-order valence-electron chi connectivity index (χ1n) is 1.31. The first-order valence-corrected chi connectivity index (χ1v) is 2.07. The highest BCUT2D eigenvalue weighted by atomic mass is 35.5. The van der Waals surface area contributed by atoms with Crippen molar-refractivity contribution in [1.29, 1.82) is 0 Å². The van der Waals surface area contributed by atoms with Gasteiger partial charge in [-0.3, -0.25) is 4.79 Å². The number of amides is 1. The Morgan fingerprint density at radius 1 is 1.71 bits per heavy atom. The number of nitrogens with two attached hydrogens (primary N) is 1. The highest BCUT2D eigenvalue weighted by Gasteiger charge is 2.29. The van der Waals surface area contributed by atoms with E-state index in [1.165, 1.54) is 0 Å². The number of carbonyl (C=O) groups excluding carboxylic acids is 1. The van der Waals surface area contributed by atoms with Gasteiger partial charge in [-0.15, -0.1) is 0 Å². The number of primary amides is 1. The van der Waals surface area contributed by atoms with Crippen LogP contribution in [-0.2, 0) is 4.79 Å². The molecule has 0 aliphatic rings. The molecule has 5 heteroatoms. The quantitative estimate of drug-likeness (QED) is 0.540. The largest absolute Gasteiger partial charge is 0.365 e. The minimum absolute atomic E-state index is 1.39. The Hall–Kier alpha value is -0.0200. The summed E-state index contributed by atoms with van der Waals surface area (Å²) in [5.41, 5.74) is 4.29. The van der Waals surface area contributed by atoms with Crippen LogP contribution in [0.2, 0.25) is 0 Å². The zero-order chi connectivity index (χ0) is 6.08. The van der Waals surface area contributed by atoms with Crippen LogP contribution in [0.3, 0.4) is 0 Å². The normalized spacial score (nSPS) is 11.3. The molecule has 0 aromatic heterocycles. The van der Waals surface area contributed by atoms with Gasteiger partial charge in [-0.05, 0) is 0 Å². The molecule has 0 spiro atoms. The van der Waals surface area contributed by atoms with Gasteiger partial charge >= 0.3 is 4.59 Å². The number of rotatable bonds is 1. The molecule has 42 valence electrons. The molecule has 0 aromatic carbocycles. The highest BCUT2D eigenvalue weighted by Crippen LogP contribution is 2.20. The SMILES string of the molecule is NC(=O)C(F)(Cl)Cl. The number of alkyl halides is 3. The zero-order valence-electron chi connectivity index (χ0n) is 3.12. The maximum atomic E-state index is 11.6. The smallest absolute Gasteiger partial charge is 0.335 e. The van der Waals surface area contributed by atoms with E-state index < -0.39 is 10.5 Å². The van der Waals surface area contributed by atoms with Crippen LogP contribution >= 0.6 is 23.2 Å². The molecule has 0 aromatic rings. The lowest BCUT2D eigenvalue weighted by molar-refractivity contribution is -0.121. The second kappa shape index (κ2) is 1.84. The molecule has 0 aliphatic carbocycles. The molecule has 2 N–H and O–H groups in total. The first-order chi connectivity index (χ1) is 2.94. The molecular formula is C2H2Cl2FNO. The lowest BCUT2D eigenvalue weighted by atomic mass is 10.7. The Bertz CT molecular complexity index is 88.2. The number of hydrogen-bond acceptors (Lipinski definition) is 1. The molecule has 0 saturated carbocycles. The Kier molecular flexibility index (Phi) is 1.83. The maximum absolute atomic E-state index is 11.6. The monoisotopic (exact) mass is 145 g/mol. The lowest BCUT2D eigenvalue weighted by Crippen LogP contribution is -2.28. The van der Waals surface area contributed by atoms with E-state index in [9.17, 15) is 9.18 Å². The van der Waals surface area contributed by atoms with Gasteiger partial charge in [-0.1, -0.05) is 23.2 Å². The average Bonchev–Trinajstić information content (AvgIpc) is 1.31. The fraction of sp³-hybridized carbons (Fsp3) is 0.500. The first kappa shape index (κ1) is 6.98. The minimum atomic E-state index is -2.92. The van der Waals surface area contributed by atoms with Gasteiger partial charge in [-0.2, -0.15) is 4.39 Å². The van der Waals surface area contributed by atoms with Crippen molar-refractivity contribution in [2.75, 3.05) is 0 Å². The van der Waals surface area contributed by atoms with E-state index in [1.54, 1.807) is 0 Å². The van der Waals surface area contributed by atoms with Crippen molar-refractivity contribution in [1.82, 2.24) is 0 Å². The number of carbonyl (C=O) groups is 1. The Balaban J connectivity index is 3.79. The van der Waals surface area contributed by atoms with Crippen LogP contribution in [0.4, 0.5) is 4.39 Å². The van der Waals surface area contributed by atoms with Gasteiger partial charge in [0.15, 0.2) is 0 Å². The van der Waals surface area contributed by atoms with Crippen LogP contribution in [0.1, 0.15) is 0 Å². The van der Waals surface area contributed by atoms with Crippen LogP contribution in [0.25, 0.3) is 0 Å². The van der Waals surface area contributed by atoms with Gasteiger partial charge in [0.05, 0.1) is 0 Å². The van der Waals surface area contributed by atoms with Gasteiger partial charge in [0.2, 0.25) is 0 Å². The van der Waals surface area contributed by atoms with E-state index in [-0.39, 0.29) is 0 Å². The maximum Gasteiger partial charge on any atom is 0.335 e. The Morgan fingerprint density at radius 2 is 1.86 bits per heavy atom. The van der Waals surface area contributed by atoms with Gasteiger partial charge < -0.3 is 5.73 Å². The Labute approximate surface area is 49.4 Å². The van der Waals surface area contributed by atoms with E-state index >= 15 is 0 Å². The summed E-state index contributed by atoms with van der Waals surface area (Å²) in [7, 11) is 0. The van der Waals surface area contributed by atoms with E-state index in [4.69, 9.17) is 0 Å². The molecule has 0 unspecified atom stereocenters. The molecular weight excluding hydrogens is 144 g/mol. The molecule has 1 amide bonds. The van der Waals surface area contributed by atoms with Crippen LogP contribution < -0.4 is 5.73 Å². The van der Waals surface area contributed by atoms with Crippen molar-refractivity contribution in [3.05, 3.63) is 0 Å². The average molecular weight is 146 g/mol. The van der Waals surface area contributed by atoms with Crippen molar-refractivity contribution in [3.63, 3.8) is 0 Å². The van der Waals surface area contributed by atoms with Gasteiger partial charge in [0, 0.05) is 0 Å². The molecule has 0 atom stereocenters. The molecule has 0 aliphatic heterocycles. The summed E-state index contributed by atoms with van der Waals surface area (Å²) in [6, 6.07) is 0. The third-order valence-corrected chi connectivity index (χ3v) is 0.652. The lowest BCUT2D eigenvalue weighted by Gasteiger charge is -1.99. The summed E-state index contributed by atoms with van der Waals surface area (Å²) in [6.07, 6.45) is 0. The summed E-state index contributed by atoms with van der Waals surface area (Å²) in [4.78, 5) is 9.60. The molecule has 0 saturated heterocycles. The second-order valence-corrected chi connectivity index (χ2v) is 2.10. The van der Waals surface area contributed by atoms with Crippen molar-refractivity contribution in [3.8, 4) is 0 Å². The second-order valence-electron chi connectivity index (χ2n) is 0.862. The van der Waals surface area contributed by atoms with Crippen molar-refractivity contribution in [2.24, 2.45) is 5.73 Å². The molecule has 2 nitrogen and oxygen atoms in total. The van der Waals surface area contributed by atoms with Crippen molar-refractivity contribution in [2.45, 2.75) is 4.59 Å².